The van der Waals surface area contributed by atoms with Gasteiger partial charge >= 0.3 is 0 Å². The van der Waals surface area contributed by atoms with Crippen molar-refractivity contribution in [3.8, 4) is 0 Å². The maximum atomic E-state index is 12.8. The Morgan fingerprint density at radius 2 is 1.92 bits per heavy atom. The molecule has 2 aromatic rings. The number of hydrogen-bond donors (Lipinski definition) is 0. The fraction of sp³-hybridized carbons (Fsp3) is 0.474. The predicted molar refractivity (Wildman–Crippen MR) is 101 cm³/mol. The minimum atomic E-state index is -3.31. The number of thiophene rings is 1. The van der Waals surface area contributed by atoms with Crippen molar-refractivity contribution >= 4 is 21.4 Å². The molecule has 1 fully saturated rings. The summed E-state index contributed by atoms with van der Waals surface area (Å²) >= 11 is 1.31. The van der Waals surface area contributed by atoms with Crippen LogP contribution in [0.5, 0.6) is 0 Å². The highest BCUT2D eigenvalue weighted by Gasteiger charge is 2.32. The van der Waals surface area contributed by atoms with Gasteiger partial charge in [0.2, 0.25) is 0 Å². The van der Waals surface area contributed by atoms with E-state index in [1.54, 1.807) is 10.4 Å². The van der Waals surface area contributed by atoms with Crippen molar-refractivity contribution in [2.45, 2.75) is 30.0 Å². The van der Waals surface area contributed by atoms with E-state index in [4.69, 9.17) is 0 Å². The van der Waals surface area contributed by atoms with Crippen molar-refractivity contribution in [2.75, 3.05) is 26.2 Å². The highest BCUT2D eigenvalue weighted by molar-refractivity contribution is 7.91. The lowest BCUT2D eigenvalue weighted by molar-refractivity contribution is 0.167. The smallest absolute Gasteiger partial charge is 0.252 e. The van der Waals surface area contributed by atoms with Gasteiger partial charge in [-0.25, -0.2) is 8.42 Å². The zero-order chi connectivity index (χ0) is 17.3. The van der Waals surface area contributed by atoms with Gasteiger partial charge in [-0.3, -0.25) is 4.90 Å². The van der Waals surface area contributed by atoms with Gasteiger partial charge in [0.05, 0.1) is 0 Å². The molecule has 0 bridgehead atoms. The van der Waals surface area contributed by atoms with E-state index >= 15 is 0 Å². The monoisotopic (exact) mass is 376 g/mol. The Morgan fingerprint density at radius 3 is 2.72 bits per heavy atom. The van der Waals surface area contributed by atoms with E-state index in [1.165, 1.54) is 22.5 Å². The van der Waals surface area contributed by atoms with Crippen molar-refractivity contribution in [3.63, 3.8) is 0 Å². The molecule has 1 atom stereocenters. The third kappa shape index (κ3) is 3.67. The Morgan fingerprint density at radius 1 is 1.08 bits per heavy atom. The van der Waals surface area contributed by atoms with Crippen LogP contribution in [0.2, 0.25) is 0 Å². The van der Waals surface area contributed by atoms with E-state index in [9.17, 15) is 8.42 Å². The van der Waals surface area contributed by atoms with E-state index in [0.29, 0.717) is 23.2 Å². The van der Waals surface area contributed by atoms with Crippen molar-refractivity contribution in [1.82, 2.24) is 9.21 Å². The van der Waals surface area contributed by atoms with Gasteiger partial charge in [0, 0.05) is 32.7 Å². The fourth-order valence-corrected chi connectivity index (χ4v) is 6.71. The Labute approximate surface area is 154 Å². The van der Waals surface area contributed by atoms with Crippen LogP contribution in [0.15, 0.2) is 46.0 Å². The maximum absolute atomic E-state index is 12.8. The molecule has 2 aliphatic rings. The Balaban J connectivity index is 1.41. The first-order valence-corrected chi connectivity index (χ1v) is 11.3. The third-order valence-corrected chi connectivity index (χ3v) is 8.54. The molecule has 0 spiro atoms. The molecule has 134 valence electrons. The summed E-state index contributed by atoms with van der Waals surface area (Å²) in [5.41, 5.74) is 2.89. The van der Waals surface area contributed by atoms with E-state index in [-0.39, 0.29) is 0 Å². The van der Waals surface area contributed by atoms with Crippen LogP contribution < -0.4 is 0 Å². The van der Waals surface area contributed by atoms with Crippen molar-refractivity contribution < 1.29 is 8.42 Å². The first kappa shape index (κ1) is 17.2. The molecule has 0 N–H and O–H groups in total. The summed E-state index contributed by atoms with van der Waals surface area (Å²) in [7, 11) is -3.31. The first-order chi connectivity index (χ1) is 12.1. The molecule has 4 nitrogen and oxygen atoms in total. The Kier molecular flexibility index (Phi) is 4.95. The molecule has 25 heavy (non-hydrogen) atoms. The molecule has 1 saturated heterocycles. The molecule has 1 unspecified atom stereocenters. The second-order valence-corrected chi connectivity index (χ2v) is 10.2. The number of hydrogen-bond acceptors (Lipinski definition) is 4. The molecule has 3 heterocycles. The SMILES string of the molecule is O=S(=O)(c1cccs1)N1CCCC(CN2CCc3ccccc3C2)C1. The average molecular weight is 377 g/mol. The topological polar surface area (TPSA) is 40.6 Å². The minimum absolute atomic E-state index is 0.425. The molecular formula is C19H24N2O2S2. The zero-order valence-corrected chi connectivity index (χ0v) is 15.9. The Hall–Kier alpha value is -1.21. The summed E-state index contributed by atoms with van der Waals surface area (Å²) in [4.78, 5) is 2.49. The largest absolute Gasteiger partial charge is 0.298 e. The van der Waals surface area contributed by atoms with E-state index in [2.05, 4.69) is 29.2 Å². The van der Waals surface area contributed by atoms with Crippen molar-refractivity contribution in [1.29, 1.82) is 0 Å². The quantitative estimate of drug-likeness (QED) is 0.823. The van der Waals surface area contributed by atoms with Crippen LogP contribution >= 0.6 is 11.3 Å². The number of nitrogens with zero attached hydrogens (tertiary/aromatic N) is 2. The number of piperidine rings is 1. The van der Waals surface area contributed by atoms with Crippen LogP contribution in [0.25, 0.3) is 0 Å². The van der Waals surface area contributed by atoms with Crippen LogP contribution in [-0.2, 0) is 23.0 Å². The first-order valence-electron chi connectivity index (χ1n) is 8.96. The lowest BCUT2D eigenvalue weighted by Crippen LogP contribution is -2.44. The van der Waals surface area contributed by atoms with Gasteiger partial charge in [0.25, 0.3) is 10.0 Å². The van der Waals surface area contributed by atoms with Gasteiger partial charge in [0.15, 0.2) is 0 Å². The molecule has 4 rings (SSSR count). The fourth-order valence-electron chi connectivity index (χ4n) is 4.01. The van der Waals surface area contributed by atoms with Crippen molar-refractivity contribution in [3.05, 3.63) is 52.9 Å². The second-order valence-electron chi connectivity index (χ2n) is 7.06. The highest BCUT2D eigenvalue weighted by atomic mass is 32.2. The highest BCUT2D eigenvalue weighted by Crippen LogP contribution is 2.28. The molecule has 2 aliphatic heterocycles. The van der Waals surface area contributed by atoms with E-state index in [1.807, 2.05) is 11.4 Å². The third-order valence-electron chi connectivity index (χ3n) is 5.30. The minimum Gasteiger partial charge on any atom is -0.298 e. The van der Waals surface area contributed by atoms with Crippen molar-refractivity contribution in [2.24, 2.45) is 5.92 Å². The Bertz CT molecular complexity index is 818. The second kappa shape index (κ2) is 7.19. The average Bonchev–Trinajstić information content (AvgIpc) is 3.17. The van der Waals surface area contributed by atoms with Crippen LogP contribution in [0.1, 0.15) is 24.0 Å². The maximum Gasteiger partial charge on any atom is 0.252 e. The lowest BCUT2D eigenvalue weighted by Gasteiger charge is -2.36. The van der Waals surface area contributed by atoms with Gasteiger partial charge in [0.1, 0.15) is 4.21 Å². The number of sulfonamides is 1. The molecular weight excluding hydrogens is 352 g/mol. The predicted octanol–water partition coefficient (Wildman–Crippen LogP) is 3.21. The van der Waals surface area contributed by atoms with Gasteiger partial charge < -0.3 is 0 Å². The summed E-state index contributed by atoms with van der Waals surface area (Å²) in [6.45, 7) is 4.36. The van der Waals surface area contributed by atoms with Gasteiger partial charge in [-0.15, -0.1) is 11.3 Å². The summed E-state index contributed by atoms with van der Waals surface area (Å²) in [5, 5.41) is 1.83. The van der Waals surface area contributed by atoms with Crippen LogP contribution in [-0.4, -0.2) is 43.8 Å². The number of rotatable bonds is 4. The van der Waals surface area contributed by atoms with Crippen LogP contribution in [0, 0.1) is 5.92 Å². The molecule has 0 radical (unpaired) electrons. The number of benzene rings is 1. The lowest BCUT2D eigenvalue weighted by atomic mass is 9.95. The summed E-state index contributed by atoms with van der Waals surface area (Å²) in [6.07, 6.45) is 3.18. The van der Waals surface area contributed by atoms with Gasteiger partial charge in [-0.05, 0) is 47.8 Å². The molecule has 6 heteroatoms. The molecule has 0 aliphatic carbocycles. The normalized spacial score (nSPS) is 22.6. The van der Waals surface area contributed by atoms with E-state index < -0.39 is 10.0 Å². The molecule has 0 saturated carbocycles. The molecule has 1 aromatic carbocycles. The summed E-state index contributed by atoms with van der Waals surface area (Å²) < 4.78 is 27.7. The van der Waals surface area contributed by atoms with Gasteiger partial charge in [-0.1, -0.05) is 30.3 Å². The van der Waals surface area contributed by atoms with Crippen LogP contribution in [0.3, 0.4) is 0 Å². The zero-order valence-electron chi connectivity index (χ0n) is 14.3. The molecule has 0 amide bonds. The van der Waals surface area contributed by atoms with Crippen LogP contribution in [0.4, 0.5) is 0 Å². The summed E-state index contributed by atoms with van der Waals surface area (Å²) in [5.74, 6) is 0.425. The van der Waals surface area contributed by atoms with E-state index in [0.717, 1.165) is 38.9 Å². The summed E-state index contributed by atoms with van der Waals surface area (Å²) in [6, 6.07) is 12.2. The van der Waals surface area contributed by atoms with Gasteiger partial charge in [-0.2, -0.15) is 4.31 Å². The standard InChI is InChI=1S/C19H24N2O2S2/c22-25(23,19-8-4-12-24-19)21-10-3-5-16(14-21)13-20-11-9-17-6-1-2-7-18(17)15-20/h1-2,4,6-8,12,16H,3,5,9-11,13-15H2. The number of fused-ring (bicyclic) bond motifs is 1. The molecule has 1 aromatic heterocycles.